The Morgan fingerprint density at radius 1 is 1.25 bits per heavy atom. The van der Waals surface area contributed by atoms with E-state index in [1.165, 1.54) is 6.92 Å². The van der Waals surface area contributed by atoms with E-state index in [0.717, 1.165) is 5.56 Å². The smallest absolute Gasteiger partial charge is 0.405 e. The fourth-order valence-electron chi connectivity index (χ4n) is 3.17. The third kappa shape index (κ3) is 6.94. The van der Waals surface area contributed by atoms with Gasteiger partial charge >= 0.3 is 12.1 Å². The Labute approximate surface area is 164 Å². The molecule has 0 aromatic heterocycles. The van der Waals surface area contributed by atoms with E-state index in [-0.39, 0.29) is 37.9 Å². The fraction of sp³-hybridized carbons (Fsp3) is 0.550. The van der Waals surface area contributed by atoms with E-state index >= 15 is 0 Å². The van der Waals surface area contributed by atoms with E-state index in [0.29, 0.717) is 6.42 Å². The SMILES string of the molecule is CC(=O)CCO[C@@H]1[C@@H](Cc2ccccc2)COC[C@H](NC(=O)O)C(=O)O[C@H]1C. The number of carboxylic acid groups (broad SMARTS) is 1. The molecule has 2 rings (SSSR count). The average molecular weight is 393 g/mol. The van der Waals surface area contributed by atoms with Gasteiger partial charge in [-0.25, -0.2) is 9.59 Å². The van der Waals surface area contributed by atoms with E-state index in [9.17, 15) is 14.4 Å². The molecule has 1 amide bonds. The van der Waals surface area contributed by atoms with Gasteiger partial charge in [0.25, 0.3) is 0 Å². The molecule has 0 spiro atoms. The van der Waals surface area contributed by atoms with E-state index in [1.54, 1.807) is 6.92 Å². The normalized spacial score (nSPS) is 25.7. The second-order valence-electron chi connectivity index (χ2n) is 6.92. The van der Waals surface area contributed by atoms with Gasteiger partial charge in [0.15, 0.2) is 6.04 Å². The van der Waals surface area contributed by atoms with Crippen molar-refractivity contribution in [3.63, 3.8) is 0 Å². The molecule has 1 saturated heterocycles. The highest BCUT2D eigenvalue weighted by molar-refractivity contribution is 5.81. The van der Waals surface area contributed by atoms with E-state index < -0.39 is 30.3 Å². The van der Waals surface area contributed by atoms with Crippen LogP contribution in [0.25, 0.3) is 0 Å². The number of amides is 1. The highest BCUT2D eigenvalue weighted by atomic mass is 16.6. The molecular formula is C20H27NO7. The Morgan fingerprint density at radius 3 is 2.61 bits per heavy atom. The summed E-state index contributed by atoms with van der Waals surface area (Å²) in [7, 11) is 0. The second-order valence-corrected chi connectivity index (χ2v) is 6.92. The number of ketones is 1. The van der Waals surface area contributed by atoms with Gasteiger partial charge in [0.1, 0.15) is 11.9 Å². The maximum absolute atomic E-state index is 12.3. The Bertz CT molecular complexity index is 664. The Morgan fingerprint density at radius 2 is 1.96 bits per heavy atom. The molecular weight excluding hydrogens is 366 g/mol. The van der Waals surface area contributed by atoms with Gasteiger partial charge in [0.2, 0.25) is 0 Å². The van der Waals surface area contributed by atoms with Gasteiger partial charge in [0.05, 0.1) is 25.9 Å². The number of carbonyl (C=O) groups excluding carboxylic acids is 2. The van der Waals surface area contributed by atoms with Crippen LogP contribution in [0.1, 0.15) is 25.8 Å². The molecule has 0 aliphatic carbocycles. The van der Waals surface area contributed by atoms with Crippen molar-refractivity contribution >= 4 is 17.8 Å². The summed E-state index contributed by atoms with van der Waals surface area (Å²) in [6.45, 7) is 3.55. The molecule has 0 saturated carbocycles. The van der Waals surface area contributed by atoms with Crippen LogP contribution in [-0.4, -0.2) is 61.0 Å². The minimum atomic E-state index is -1.33. The summed E-state index contributed by atoms with van der Waals surface area (Å²) in [4.78, 5) is 34.5. The number of hydrogen-bond acceptors (Lipinski definition) is 6. The van der Waals surface area contributed by atoms with Crippen LogP contribution in [0.3, 0.4) is 0 Å². The first-order chi connectivity index (χ1) is 13.4. The topological polar surface area (TPSA) is 111 Å². The maximum atomic E-state index is 12.3. The van der Waals surface area contributed by atoms with Gasteiger partial charge in [-0.15, -0.1) is 0 Å². The largest absolute Gasteiger partial charge is 0.465 e. The van der Waals surface area contributed by atoms with E-state index in [1.807, 2.05) is 30.3 Å². The fourth-order valence-corrected chi connectivity index (χ4v) is 3.17. The molecule has 1 aliphatic heterocycles. The van der Waals surface area contributed by atoms with Crippen LogP contribution in [-0.2, 0) is 30.2 Å². The molecule has 0 unspecified atom stereocenters. The first-order valence-corrected chi connectivity index (χ1v) is 9.29. The predicted octanol–water partition coefficient (Wildman–Crippen LogP) is 1.81. The lowest BCUT2D eigenvalue weighted by Gasteiger charge is -2.30. The van der Waals surface area contributed by atoms with Gasteiger partial charge in [-0.2, -0.15) is 0 Å². The predicted molar refractivity (Wildman–Crippen MR) is 100.0 cm³/mol. The number of carbonyl (C=O) groups is 3. The van der Waals surface area contributed by atoms with Crippen molar-refractivity contribution in [3.05, 3.63) is 35.9 Å². The monoisotopic (exact) mass is 393 g/mol. The van der Waals surface area contributed by atoms with E-state index in [4.69, 9.17) is 19.3 Å². The highest BCUT2D eigenvalue weighted by Gasteiger charge is 2.35. The number of Topliss-reactive ketones (excluding diaryl/α,β-unsaturated/α-hetero) is 1. The minimum absolute atomic E-state index is 0.00861. The molecule has 8 nitrogen and oxygen atoms in total. The lowest BCUT2D eigenvalue weighted by atomic mass is 9.91. The molecule has 1 aromatic carbocycles. The number of benzene rings is 1. The van der Waals surface area contributed by atoms with Crippen LogP contribution in [0.4, 0.5) is 4.79 Å². The van der Waals surface area contributed by atoms with Crippen molar-refractivity contribution in [1.82, 2.24) is 5.32 Å². The average Bonchev–Trinajstić information content (AvgIpc) is 2.67. The summed E-state index contributed by atoms with van der Waals surface area (Å²) in [5.74, 6) is -0.842. The molecule has 154 valence electrons. The number of rotatable bonds is 7. The van der Waals surface area contributed by atoms with Crippen LogP contribution in [0.2, 0.25) is 0 Å². The molecule has 1 fully saturated rings. The lowest BCUT2D eigenvalue weighted by Crippen LogP contribution is -2.46. The number of nitrogens with one attached hydrogen (secondary N) is 1. The summed E-state index contributed by atoms with van der Waals surface area (Å²) >= 11 is 0. The summed E-state index contributed by atoms with van der Waals surface area (Å²) in [6.07, 6.45) is -1.56. The molecule has 1 heterocycles. The van der Waals surface area contributed by atoms with Crippen molar-refractivity contribution in [2.24, 2.45) is 5.92 Å². The standard InChI is InChI=1S/C20H27NO7/c1-13(22)8-9-27-18-14(2)28-19(23)17(21-20(24)25)12-26-11-16(18)10-15-6-4-3-5-7-15/h3-7,14,16-18,21H,8-12H2,1-2H3,(H,24,25)/t14-,16-,17-,18-/m0/s1. The second kappa shape index (κ2) is 10.8. The molecule has 4 atom stereocenters. The Hall–Kier alpha value is -2.45. The van der Waals surface area contributed by atoms with Gasteiger partial charge < -0.3 is 24.6 Å². The number of esters is 1. The summed E-state index contributed by atoms with van der Waals surface area (Å²) in [6, 6.07) is 8.68. The molecule has 8 heteroatoms. The Kier molecular flexibility index (Phi) is 8.41. The number of hydrogen-bond donors (Lipinski definition) is 2. The molecule has 1 aliphatic rings. The Balaban J connectivity index is 2.18. The molecule has 0 bridgehead atoms. The highest BCUT2D eigenvalue weighted by Crippen LogP contribution is 2.23. The zero-order valence-corrected chi connectivity index (χ0v) is 16.1. The zero-order chi connectivity index (χ0) is 20.5. The summed E-state index contributed by atoms with van der Waals surface area (Å²) in [5, 5.41) is 11.0. The van der Waals surface area contributed by atoms with Crippen LogP contribution in [0.5, 0.6) is 0 Å². The first-order valence-electron chi connectivity index (χ1n) is 9.29. The van der Waals surface area contributed by atoms with Crippen molar-refractivity contribution in [2.75, 3.05) is 19.8 Å². The lowest BCUT2D eigenvalue weighted by molar-refractivity contribution is -0.160. The van der Waals surface area contributed by atoms with Crippen LogP contribution < -0.4 is 5.32 Å². The third-order valence-electron chi connectivity index (χ3n) is 4.53. The van der Waals surface area contributed by atoms with Crippen molar-refractivity contribution < 1.29 is 33.7 Å². The summed E-state index contributed by atoms with van der Waals surface area (Å²) in [5.41, 5.74) is 1.08. The van der Waals surface area contributed by atoms with Crippen molar-refractivity contribution in [1.29, 1.82) is 0 Å². The van der Waals surface area contributed by atoms with Crippen LogP contribution in [0.15, 0.2) is 30.3 Å². The van der Waals surface area contributed by atoms with Gasteiger partial charge in [0, 0.05) is 12.3 Å². The van der Waals surface area contributed by atoms with Gasteiger partial charge in [-0.05, 0) is 25.8 Å². The third-order valence-corrected chi connectivity index (χ3v) is 4.53. The molecule has 2 N–H and O–H groups in total. The quantitative estimate of drug-likeness (QED) is 0.680. The van der Waals surface area contributed by atoms with Gasteiger partial charge in [-0.1, -0.05) is 30.3 Å². The molecule has 1 aromatic rings. The van der Waals surface area contributed by atoms with E-state index in [2.05, 4.69) is 5.32 Å². The van der Waals surface area contributed by atoms with Crippen LogP contribution >= 0.6 is 0 Å². The number of cyclic esters (lactones) is 1. The van der Waals surface area contributed by atoms with Crippen molar-refractivity contribution in [3.8, 4) is 0 Å². The van der Waals surface area contributed by atoms with Crippen molar-refractivity contribution in [2.45, 2.75) is 44.9 Å². The minimum Gasteiger partial charge on any atom is -0.465 e. The maximum Gasteiger partial charge on any atom is 0.405 e. The van der Waals surface area contributed by atoms with Gasteiger partial charge in [-0.3, -0.25) is 4.79 Å². The first kappa shape index (κ1) is 21.8. The summed E-state index contributed by atoms with van der Waals surface area (Å²) < 4.78 is 17.1. The zero-order valence-electron chi connectivity index (χ0n) is 16.1. The number of ether oxygens (including phenoxy) is 3. The molecule has 28 heavy (non-hydrogen) atoms. The van der Waals surface area contributed by atoms with Crippen LogP contribution in [0, 0.1) is 5.92 Å². The molecule has 0 radical (unpaired) electrons.